The van der Waals surface area contributed by atoms with Crippen LogP contribution < -0.4 is 5.32 Å². The molecule has 1 aromatic rings. The Bertz CT molecular complexity index is 475. The van der Waals surface area contributed by atoms with Crippen molar-refractivity contribution in [1.82, 2.24) is 14.9 Å². The number of aromatic nitrogens is 2. The average molecular weight is 283 g/mol. The number of amides is 1. The van der Waals surface area contributed by atoms with Gasteiger partial charge in [0.2, 0.25) is 0 Å². The molecular formula is C12H17N3O3S. The van der Waals surface area contributed by atoms with Crippen LogP contribution in [0.2, 0.25) is 0 Å². The summed E-state index contributed by atoms with van der Waals surface area (Å²) in [6, 6.07) is 0. The van der Waals surface area contributed by atoms with Crippen molar-refractivity contribution in [1.29, 1.82) is 0 Å². The van der Waals surface area contributed by atoms with Gasteiger partial charge in [0, 0.05) is 6.54 Å². The van der Waals surface area contributed by atoms with E-state index < -0.39 is 5.97 Å². The van der Waals surface area contributed by atoms with Gasteiger partial charge in [-0.15, -0.1) is 5.10 Å². The zero-order valence-corrected chi connectivity index (χ0v) is 11.6. The molecule has 6 nitrogen and oxygen atoms in total. The van der Waals surface area contributed by atoms with Gasteiger partial charge in [0.15, 0.2) is 0 Å². The number of hydrogen-bond acceptors (Lipinski definition) is 5. The molecule has 2 unspecified atom stereocenters. The predicted molar refractivity (Wildman–Crippen MR) is 70.1 cm³/mol. The molecule has 2 rings (SSSR count). The number of rotatable bonds is 4. The van der Waals surface area contributed by atoms with Gasteiger partial charge < -0.3 is 10.4 Å². The molecular weight excluding hydrogens is 266 g/mol. The highest BCUT2D eigenvalue weighted by atomic mass is 32.1. The van der Waals surface area contributed by atoms with Gasteiger partial charge in [-0.25, -0.2) is 0 Å². The highest BCUT2D eigenvalue weighted by Gasteiger charge is 2.31. The van der Waals surface area contributed by atoms with Crippen molar-refractivity contribution in [3.05, 3.63) is 10.6 Å². The Morgan fingerprint density at radius 2 is 2.16 bits per heavy atom. The molecule has 0 radical (unpaired) electrons. The minimum Gasteiger partial charge on any atom is -0.481 e. The van der Waals surface area contributed by atoms with Crippen LogP contribution in [-0.2, 0) is 4.79 Å². The number of carboxylic acids is 1. The summed E-state index contributed by atoms with van der Waals surface area (Å²) in [5.74, 6) is -1.28. The van der Waals surface area contributed by atoms with E-state index in [4.69, 9.17) is 0 Å². The zero-order chi connectivity index (χ0) is 13.8. The molecule has 1 saturated carbocycles. The number of carboxylic acid groups (broad SMARTS) is 1. The molecule has 0 aliphatic heterocycles. The Kier molecular flexibility index (Phi) is 4.47. The van der Waals surface area contributed by atoms with E-state index in [1.54, 1.807) is 6.92 Å². The van der Waals surface area contributed by atoms with Crippen LogP contribution >= 0.6 is 11.5 Å². The SMILES string of the molecule is Cc1nnsc1C(=O)NCC1CCCCC1C(=O)O. The van der Waals surface area contributed by atoms with Gasteiger partial charge in [-0.05, 0) is 37.2 Å². The van der Waals surface area contributed by atoms with Crippen molar-refractivity contribution in [2.45, 2.75) is 32.6 Å². The summed E-state index contributed by atoms with van der Waals surface area (Å²) in [5, 5.41) is 15.8. The maximum atomic E-state index is 11.9. The van der Waals surface area contributed by atoms with Crippen molar-refractivity contribution < 1.29 is 14.7 Å². The number of hydrogen-bond donors (Lipinski definition) is 2. The fraction of sp³-hybridized carbons (Fsp3) is 0.667. The molecule has 1 aromatic heterocycles. The molecule has 2 N–H and O–H groups in total. The van der Waals surface area contributed by atoms with E-state index in [2.05, 4.69) is 14.9 Å². The Balaban J connectivity index is 1.92. The Labute approximate surface area is 115 Å². The lowest BCUT2D eigenvalue weighted by Crippen LogP contribution is -2.37. The molecule has 0 aromatic carbocycles. The molecule has 0 saturated heterocycles. The molecule has 104 valence electrons. The summed E-state index contributed by atoms with van der Waals surface area (Å²) >= 11 is 1.06. The van der Waals surface area contributed by atoms with E-state index in [9.17, 15) is 14.7 Å². The number of aryl methyl sites for hydroxylation is 1. The fourth-order valence-corrected chi connectivity index (χ4v) is 3.09. The number of aliphatic carboxylic acids is 1. The molecule has 1 aliphatic carbocycles. The van der Waals surface area contributed by atoms with Crippen molar-refractivity contribution in [3.63, 3.8) is 0 Å². The van der Waals surface area contributed by atoms with Crippen molar-refractivity contribution in [2.75, 3.05) is 6.54 Å². The maximum absolute atomic E-state index is 11.9. The Morgan fingerprint density at radius 3 is 2.79 bits per heavy atom. The van der Waals surface area contributed by atoms with Crippen LogP contribution in [0.1, 0.15) is 41.0 Å². The molecule has 19 heavy (non-hydrogen) atoms. The third kappa shape index (κ3) is 3.28. The first-order valence-corrected chi connectivity index (χ1v) is 7.17. The van der Waals surface area contributed by atoms with Gasteiger partial charge in [-0.1, -0.05) is 17.3 Å². The number of nitrogens with one attached hydrogen (secondary N) is 1. The first-order valence-electron chi connectivity index (χ1n) is 6.39. The second-order valence-corrected chi connectivity index (χ2v) is 5.64. The van der Waals surface area contributed by atoms with Gasteiger partial charge in [0.25, 0.3) is 5.91 Å². The highest BCUT2D eigenvalue weighted by molar-refractivity contribution is 7.07. The summed E-state index contributed by atoms with van der Waals surface area (Å²) in [6.45, 7) is 2.15. The van der Waals surface area contributed by atoms with Gasteiger partial charge in [0.05, 0.1) is 11.6 Å². The molecule has 2 atom stereocenters. The third-order valence-electron chi connectivity index (χ3n) is 3.61. The largest absolute Gasteiger partial charge is 0.481 e. The van der Waals surface area contributed by atoms with E-state index in [1.165, 1.54) is 0 Å². The highest BCUT2D eigenvalue weighted by Crippen LogP contribution is 2.29. The Hall–Kier alpha value is -1.50. The predicted octanol–water partition coefficient (Wildman–Crippen LogP) is 1.47. The lowest BCUT2D eigenvalue weighted by Gasteiger charge is -2.28. The summed E-state index contributed by atoms with van der Waals surface area (Å²) in [6.07, 6.45) is 3.55. The number of carbonyl (C=O) groups is 2. The Morgan fingerprint density at radius 1 is 1.42 bits per heavy atom. The number of nitrogens with zero attached hydrogens (tertiary/aromatic N) is 2. The standard InChI is InChI=1S/C12H17N3O3S/c1-7-10(19-15-14-7)11(16)13-6-8-4-2-3-5-9(8)12(17)18/h8-9H,2-6H2,1H3,(H,13,16)(H,17,18). The molecule has 0 spiro atoms. The van der Waals surface area contributed by atoms with Crippen LogP contribution in [0, 0.1) is 18.8 Å². The van der Waals surface area contributed by atoms with Gasteiger partial charge >= 0.3 is 5.97 Å². The van der Waals surface area contributed by atoms with Crippen LogP contribution in [0.15, 0.2) is 0 Å². The third-order valence-corrected chi connectivity index (χ3v) is 4.44. The summed E-state index contributed by atoms with van der Waals surface area (Å²) < 4.78 is 3.72. The molecule has 1 aliphatic rings. The second kappa shape index (κ2) is 6.10. The summed E-state index contributed by atoms with van der Waals surface area (Å²) in [7, 11) is 0. The van der Waals surface area contributed by atoms with E-state index in [1.807, 2.05) is 0 Å². The molecule has 1 fully saturated rings. The minimum atomic E-state index is -0.755. The van der Waals surface area contributed by atoms with Crippen LogP contribution in [0.3, 0.4) is 0 Å². The van der Waals surface area contributed by atoms with Crippen LogP contribution in [0.5, 0.6) is 0 Å². The first-order chi connectivity index (χ1) is 9.09. The van der Waals surface area contributed by atoms with Gasteiger partial charge in [-0.2, -0.15) is 0 Å². The van der Waals surface area contributed by atoms with Crippen molar-refractivity contribution >= 4 is 23.4 Å². The normalized spacial score (nSPS) is 23.0. The van der Waals surface area contributed by atoms with Crippen LogP contribution in [-0.4, -0.2) is 33.1 Å². The topological polar surface area (TPSA) is 92.2 Å². The van der Waals surface area contributed by atoms with Crippen LogP contribution in [0.25, 0.3) is 0 Å². The van der Waals surface area contributed by atoms with Crippen molar-refractivity contribution in [2.24, 2.45) is 11.8 Å². The van der Waals surface area contributed by atoms with E-state index in [-0.39, 0.29) is 17.7 Å². The molecule has 1 amide bonds. The van der Waals surface area contributed by atoms with Gasteiger partial charge in [-0.3, -0.25) is 9.59 Å². The fourth-order valence-electron chi connectivity index (χ4n) is 2.52. The number of carbonyl (C=O) groups excluding carboxylic acids is 1. The quantitative estimate of drug-likeness (QED) is 0.873. The lowest BCUT2D eigenvalue weighted by atomic mass is 9.79. The van der Waals surface area contributed by atoms with E-state index >= 15 is 0 Å². The second-order valence-electron chi connectivity index (χ2n) is 4.89. The van der Waals surface area contributed by atoms with Gasteiger partial charge in [0.1, 0.15) is 4.88 Å². The molecule has 0 bridgehead atoms. The average Bonchev–Trinajstić information content (AvgIpc) is 2.82. The first kappa shape index (κ1) is 13.9. The lowest BCUT2D eigenvalue weighted by molar-refractivity contribution is -0.144. The molecule has 1 heterocycles. The van der Waals surface area contributed by atoms with Crippen molar-refractivity contribution in [3.8, 4) is 0 Å². The monoisotopic (exact) mass is 283 g/mol. The smallest absolute Gasteiger partial charge is 0.306 e. The summed E-state index contributed by atoms with van der Waals surface area (Å²) in [5.41, 5.74) is 0.612. The van der Waals surface area contributed by atoms with E-state index in [0.29, 0.717) is 23.5 Å². The summed E-state index contributed by atoms with van der Waals surface area (Å²) in [4.78, 5) is 23.6. The zero-order valence-electron chi connectivity index (χ0n) is 10.8. The van der Waals surface area contributed by atoms with E-state index in [0.717, 1.165) is 30.8 Å². The van der Waals surface area contributed by atoms with Crippen LogP contribution in [0.4, 0.5) is 0 Å². The molecule has 7 heteroatoms. The minimum absolute atomic E-state index is 0.0244. The maximum Gasteiger partial charge on any atom is 0.306 e.